The lowest BCUT2D eigenvalue weighted by molar-refractivity contribution is -0.237. The average molecular weight is 609 g/mol. The van der Waals surface area contributed by atoms with E-state index in [1.807, 2.05) is 36.4 Å². The minimum Gasteiger partial charge on any atom is -0.497 e. The van der Waals surface area contributed by atoms with Crippen molar-refractivity contribution in [1.82, 2.24) is 0 Å². The molecule has 5 atom stereocenters. The molecule has 0 amide bonds. The lowest BCUT2D eigenvalue weighted by Gasteiger charge is -2.47. The van der Waals surface area contributed by atoms with Gasteiger partial charge in [-0.05, 0) is 33.1 Å². The van der Waals surface area contributed by atoms with Crippen molar-refractivity contribution in [2.24, 2.45) is 0 Å². The molecule has 0 aliphatic carbocycles. The summed E-state index contributed by atoms with van der Waals surface area (Å²) in [5.41, 5.74) is 0.446. The van der Waals surface area contributed by atoms with E-state index in [2.05, 4.69) is 75.9 Å². The van der Waals surface area contributed by atoms with Crippen molar-refractivity contribution >= 4 is 31.3 Å². The van der Waals surface area contributed by atoms with E-state index in [0.717, 1.165) is 11.3 Å². The van der Waals surface area contributed by atoms with Crippen LogP contribution in [0.3, 0.4) is 0 Å². The number of hydrogen-bond acceptors (Lipinski definition) is 7. The number of ether oxygens (including phenoxy) is 5. The van der Waals surface area contributed by atoms with Crippen molar-refractivity contribution in [3.05, 3.63) is 103 Å². The van der Waals surface area contributed by atoms with Crippen LogP contribution in [0.5, 0.6) is 5.75 Å². The Kier molecular flexibility index (Phi) is 11.5. The van der Waals surface area contributed by atoms with Crippen molar-refractivity contribution in [2.75, 3.05) is 27.4 Å². The fourth-order valence-corrected chi connectivity index (χ4v) is 10.7. The molecule has 1 fully saturated rings. The summed E-state index contributed by atoms with van der Waals surface area (Å²) in [5, 5.41) is 2.24. The predicted octanol–water partition coefficient (Wildman–Crippen LogP) is 5.40. The van der Waals surface area contributed by atoms with Crippen LogP contribution in [0.4, 0.5) is 0 Å². The maximum Gasteiger partial charge on any atom is 0.261 e. The summed E-state index contributed by atoms with van der Waals surface area (Å²) in [5.74, 6) is 0.794. The molecule has 0 radical (unpaired) electrons. The van der Waals surface area contributed by atoms with Crippen molar-refractivity contribution in [3.8, 4) is 5.75 Å². The fraction of sp³-hybridized carbons (Fsp3) is 0.412. The Morgan fingerprint density at radius 2 is 1.43 bits per heavy atom. The van der Waals surface area contributed by atoms with Crippen LogP contribution < -0.4 is 15.1 Å². The number of thiol groups is 1. The number of methoxy groups -OCH3 is 2. The summed E-state index contributed by atoms with van der Waals surface area (Å²) >= 11 is 4.84. The van der Waals surface area contributed by atoms with E-state index >= 15 is 0 Å². The molecule has 3 aromatic rings. The van der Waals surface area contributed by atoms with Crippen molar-refractivity contribution in [1.29, 1.82) is 0 Å². The lowest BCUT2D eigenvalue weighted by Crippen LogP contribution is -2.68. The molecule has 0 unspecified atom stereocenters. The molecule has 0 saturated carbocycles. The summed E-state index contributed by atoms with van der Waals surface area (Å²) < 4.78 is 37.7. The van der Waals surface area contributed by atoms with Gasteiger partial charge in [-0.1, -0.05) is 99.6 Å². The molecule has 1 heterocycles. The topological polar surface area (TPSA) is 55.4 Å². The van der Waals surface area contributed by atoms with Gasteiger partial charge in [-0.15, -0.1) is 19.2 Å². The Bertz CT molecular complexity index is 1190. The average Bonchev–Trinajstić information content (AvgIpc) is 3.00. The molecule has 0 spiro atoms. The first kappa shape index (κ1) is 32.5. The number of hydrogen-bond donors (Lipinski definition) is 1. The Labute approximate surface area is 257 Å². The fourth-order valence-electron chi connectivity index (χ4n) is 5.74. The molecule has 6 nitrogen and oxygen atoms in total. The van der Waals surface area contributed by atoms with Gasteiger partial charge in [-0.25, -0.2) is 0 Å². The third kappa shape index (κ3) is 7.19. The first-order chi connectivity index (χ1) is 20.2. The molecule has 1 aliphatic heterocycles. The third-order valence-corrected chi connectivity index (χ3v) is 13.2. The predicted molar refractivity (Wildman–Crippen MR) is 174 cm³/mol. The maximum atomic E-state index is 7.20. The van der Waals surface area contributed by atoms with Crippen LogP contribution in [-0.2, 0) is 30.0 Å². The summed E-state index contributed by atoms with van der Waals surface area (Å²) in [6, 6.07) is 28.9. The molecule has 3 aromatic carbocycles. The normalized spacial score (nSPS) is 23.0. The molecular weight excluding hydrogens is 565 g/mol. The van der Waals surface area contributed by atoms with Gasteiger partial charge in [0.15, 0.2) is 0 Å². The van der Waals surface area contributed by atoms with Crippen molar-refractivity contribution in [2.45, 2.75) is 62.3 Å². The van der Waals surface area contributed by atoms with Gasteiger partial charge < -0.3 is 28.1 Å². The summed E-state index contributed by atoms with van der Waals surface area (Å²) in [4.78, 5) is 0. The molecule has 1 aliphatic rings. The van der Waals surface area contributed by atoms with E-state index in [-0.39, 0.29) is 5.04 Å². The van der Waals surface area contributed by atoms with E-state index in [4.69, 9.17) is 40.7 Å². The number of rotatable bonds is 13. The largest absolute Gasteiger partial charge is 0.497 e. The van der Waals surface area contributed by atoms with Gasteiger partial charge in [0.2, 0.25) is 0 Å². The second-order valence-electron chi connectivity index (χ2n) is 11.4. The quantitative estimate of drug-likeness (QED) is 0.159. The zero-order valence-electron chi connectivity index (χ0n) is 25.3. The van der Waals surface area contributed by atoms with Gasteiger partial charge in [0.05, 0.1) is 26.9 Å². The smallest absolute Gasteiger partial charge is 0.261 e. The highest BCUT2D eigenvalue weighted by Crippen LogP contribution is 2.38. The first-order valence-corrected chi connectivity index (χ1v) is 16.8. The second kappa shape index (κ2) is 14.8. The van der Waals surface area contributed by atoms with Gasteiger partial charge in [-0.3, -0.25) is 0 Å². The Morgan fingerprint density at radius 3 is 1.93 bits per heavy atom. The molecule has 226 valence electrons. The zero-order chi connectivity index (χ0) is 30.2. The van der Waals surface area contributed by atoms with Crippen LogP contribution in [-0.4, -0.2) is 65.6 Å². The van der Waals surface area contributed by atoms with Gasteiger partial charge in [0, 0.05) is 7.11 Å². The maximum absolute atomic E-state index is 7.20. The van der Waals surface area contributed by atoms with E-state index in [0.29, 0.717) is 19.8 Å². The molecule has 1 saturated heterocycles. The number of benzene rings is 3. The van der Waals surface area contributed by atoms with E-state index in [1.54, 1.807) is 20.3 Å². The first-order valence-electron chi connectivity index (χ1n) is 14.3. The minimum atomic E-state index is -2.79. The van der Waals surface area contributed by atoms with E-state index < -0.39 is 38.2 Å². The van der Waals surface area contributed by atoms with Gasteiger partial charge in [-0.2, -0.15) is 0 Å². The minimum absolute atomic E-state index is 0.171. The summed E-state index contributed by atoms with van der Waals surface area (Å²) in [7, 11) is 0.535. The van der Waals surface area contributed by atoms with E-state index in [1.165, 1.54) is 10.4 Å². The standard InChI is InChI=1S/C34H44O6SSi/c1-7-22-37-31-30(36-6)29(40-33(41)32(31)38-23-25-18-20-26(35-5)21-19-25)24-39-42(34(2,3)4,27-14-10-8-11-15-27)28-16-12-9-13-17-28/h7-21,29-33,41H,1,22-24H2,2-6H3/t29-,30+,31+,32-,33+/m1/s1. The Morgan fingerprint density at radius 1 is 0.833 bits per heavy atom. The van der Waals surface area contributed by atoms with Crippen LogP contribution in [0.15, 0.2) is 97.6 Å². The second-order valence-corrected chi connectivity index (χ2v) is 16.3. The molecule has 42 heavy (non-hydrogen) atoms. The molecule has 4 rings (SSSR count). The molecule has 0 aromatic heterocycles. The van der Waals surface area contributed by atoms with E-state index in [9.17, 15) is 0 Å². The highest BCUT2D eigenvalue weighted by atomic mass is 32.1. The van der Waals surface area contributed by atoms with Crippen LogP contribution in [0.2, 0.25) is 5.04 Å². The highest BCUT2D eigenvalue weighted by molar-refractivity contribution is 7.80. The summed E-state index contributed by atoms with van der Waals surface area (Å²) in [6.07, 6.45) is -0.0914. The zero-order valence-corrected chi connectivity index (χ0v) is 27.2. The summed E-state index contributed by atoms with van der Waals surface area (Å²) in [6.45, 7) is 11.6. The highest BCUT2D eigenvalue weighted by Gasteiger charge is 2.52. The van der Waals surface area contributed by atoms with Crippen molar-refractivity contribution in [3.63, 3.8) is 0 Å². The van der Waals surface area contributed by atoms with Gasteiger partial charge in [0.25, 0.3) is 8.32 Å². The Balaban J connectivity index is 1.61. The van der Waals surface area contributed by atoms with Crippen LogP contribution in [0.1, 0.15) is 26.3 Å². The van der Waals surface area contributed by atoms with Crippen LogP contribution >= 0.6 is 12.6 Å². The molecule has 8 heteroatoms. The lowest BCUT2D eigenvalue weighted by atomic mass is 9.99. The van der Waals surface area contributed by atoms with Crippen LogP contribution in [0, 0.1) is 0 Å². The van der Waals surface area contributed by atoms with Gasteiger partial charge in [0.1, 0.15) is 35.6 Å². The molecular formula is C34H44O6SSi. The molecule has 0 bridgehead atoms. The Hall–Kier alpha value is -2.43. The van der Waals surface area contributed by atoms with Crippen molar-refractivity contribution < 1.29 is 28.1 Å². The van der Waals surface area contributed by atoms with Crippen LogP contribution in [0.25, 0.3) is 0 Å². The third-order valence-electron chi connectivity index (χ3n) is 7.77. The molecule has 0 N–H and O–H groups in total. The monoisotopic (exact) mass is 608 g/mol. The van der Waals surface area contributed by atoms with Gasteiger partial charge >= 0.3 is 0 Å². The SMILES string of the molecule is C=CCO[C@@H]1[C@@H](OCc2ccc(OC)cc2)[C@H](S)O[C@H](CO[Si](c2ccccc2)(c2ccccc2)C(C)(C)C)[C@@H]1OC.